The van der Waals surface area contributed by atoms with Gasteiger partial charge in [0.15, 0.2) is 0 Å². The van der Waals surface area contributed by atoms with Gasteiger partial charge in [-0.25, -0.2) is 4.79 Å². The average molecular weight is 717 g/mol. The fourth-order valence-electron chi connectivity index (χ4n) is 5.82. The number of nitrogens with zero attached hydrogens (tertiary/aromatic N) is 2. The molecule has 1 fully saturated rings. The van der Waals surface area contributed by atoms with Gasteiger partial charge >= 0.3 is 6.09 Å². The highest BCUT2D eigenvalue weighted by Gasteiger charge is 2.48. The standard InChI is InChI=1S/C37H60N6O8/c1-12-16-25(29(45)32(47)38-20-27(44)40-28(33(48)42(10)11)24-17-14-13-15-18-24)39-31(46)26-19-37(8,9)21-43(26)34(49)30(36(5,6)7)41-35(50)51-23(4)22(2)3/h13-15,17-18,22-23,25-26,28,30-31,39,46H,12,16,19-21H2,1-11H3,(H,38,47)(H,40,44)(H,41,50)/t23-,25?,26+,28+,30-,31+/m1/s1. The van der Waals surface area contributed by atoms with E-state index in [-0.39, 0.29) is 30.9 Å². The van der Waals surface area contributed by atoms with Gasteiger partial charge in [0, 0.05) is 20.6 Å². The third-order valence-electron chi connectivity index (χ3n) is 9.04. The molecule has 286 valence electrons. The number of rotatable bonds is 16. The van der Waals surface area contributed by atoms with E-state index in [9.17, 15) is 33.9 Å². The molecule has 51 heavy (non-hydrogen) atoms. The van der Waals surface area contributed by atoms with Gasteiger partial charge in [0.2, 0.25) is 23.5 Å². The third-order valence-corrected chi connectivity index (χ3v) is 9.04. The first kappa shape index (κ1) is 43.1. The molecule has 1 unspecified atom stereocenters. The lowest BCUT2D eigenvalue weighted by Gasteiger charge is -2.37. The van der Waals surface area contributed by atoms with Gasteiger partial charge in [-0.3, -0.25) is 29.3 Å². The Morgan fingerprint density at radius 2 is 1.63 bits per heavy atom. The second-order valence-electron chi connectivity index (χ2n) is 15.8. The maximum atomic E-state index is 14.1. The Kier molecular flexibility index (Phi) is 15.6. The van der Waals surface area contributed by atoms with E-state index in [1.807, 2.05) is 55.4 Å². The number of Topliss-reactive ketones (excluding diaryl/α,β-unsaturated/α-hetero) is 1. The highest BCUT2D eigenvalue weighted by molar-refractivity contribution is 6.38. The van der Waals surface area contributed by atoms with Crippen LogP contribution in [0.1, 0.15) is 93.2 Å². The molecule has 0 radical (unpaired) electrons. The van der Waals surface area contributed by atoms with E-state index in [1.165, 1.54) is 9.80 Å². The number of hydrogen-bond donors (Lipinski definition) is 5. The maximum Gasteiger partial charge on any atom is 0.408 e. The number of likely N-dealkylation sites (tertiary alicyclic amines) is 1. The lowest BCUT2D eigenvalue weighted by Crippen LogP contribution is -2.60. The molecule has 0 aromatic heterocycles. The SMILES string of the molecule is CCCC(N[C@@H](O)[C@@H]1CC(C)(C)CN1C(=O)[C@@H](NC(=O)O[C@H](C)C(C)C)C(C)(C)C)C(=O)C(=O)NCC(=O)N[C@H](C(=O)N(C)C)c1ccccc1. The number of nitrogens with one attached hydrogen (secondary N) is 4. The summed E-state index contributed by atoms with van der Waals surface area (Å²) in [6.45, 7) is 16.5. The Hall–Kier alpha value is -4.04. The predicted molar refractivity (Wildman–Crippen MR) is 193 cm³/mol. The van der Waals surface area contributed by atoms with Crippen LogP contribution >= 0.6 is 0 Å². The number of aliphatic hydroxyl groups is 1. The van der Waals surface area contributed by atoms with Crippen molar-refractivity contribution >= 4 is 35.5 Å². The van der Waals surface area contributed by atoms with Gasteiger partial charge in [-0.2, -0.15) is 0 Å². The molecule has 0 spiro atoms. The lowest BCUT2D eigenvalue weighted by molar-refractivity contribution is -0.142. The summed E-state index contributed by atoms with van der Waals surface area (Å²) in [7, 11) is 3.12. The first-order valence-corrected chi connectivity index (χ1v) is 17.7. The molecule has 2 rings (SSSR count). The van der Waals surface area contributed by atoms with Gasteiger partial charge < -0.3 is 35.6 Å². The Morgan fingerprint density at radius 3 is 2.16 bits per heavy atom. The maximum absolute atomic E-state index is 14.1. The number of ether oxygens (including phenoxy) is 1. The van der Waals surface area contributed by atoms with Crippen molar-refractivity contribution in [3.63, 3.8) is 0 Å². The molecule has 0 saturated carbocycles. The van der Waals surface area contributed by atoms with Crippen LogP contribution in [0, 0.1) is 16.7 Å². The summed E-state index contributed by atoms with van der Waals surface area (Å²) in [5.74, 6) is -3.30. The van der Waals surface area contributed by atoms with Crippen LogP contribution in [0.5, 0.6) is 0 Å². The zero-order chi connectivity index (χ0) is 38.8. The normalized spacial score (nSPS) is 18.5. The van der Waals surface area contributed by atoms with Crippen LogP contribution in [-0.4, -0.2) is 108 Å². The van der Waals surface area contributed by atoms with E-state index in [4.69, 9.17) is 4.74 Å². The van der Waals surface area contributed by atoms with Crippen LogP contribution in [0.2, 0.25) is 0 Å². The molecule has 5 amide bonds. The van der Waals surface area contributed by atoms with Gasteiger partial charge in [-0.1, -0.05) is 92.1 Å². The van der Waals surface area contributed by atoms with E-state index in [2.05, 4.69) is 21.3 Å². The van der Waals surface area contributed by atoms with Crippen molar-refractivity contribution < 1.29 is 38.6 Å². The number of likely N-dealkylation sites (N-methyl/N-ethyl adjacent to an activating group) is 1. The van der Waals surface area contributed by atoms with Crippen LogP contribution in [0.15, 0.2) is 30.3 Å². The molecule has 1 saturated heterocycles. The Balaban J connectivity index is 2.17. The molecular weight excluding hydrogens is 656 g/mol. The summed E-state index contributed by atoms with van der Waals surface area (Å²) >= 11 is 0. The monoisotopic (exact) mass is 716 g/mol. The first-order chi connectivity index (χ1) is 23.6. The summed E-state index contributed by atoms with van der Waals surface area (Å²) in [6, 6.07) is 4.77. The van der Waals surface area contributed by atoms with Crippen LogP contribution in [0.4, 0.5) is 4.79 Å². The van der Waals surface area contributed by atoms with Gasteiger partial charge in [-0.15, -0.1) is 0 Å². The Labute approximate surface area is 302 Å². The highest BCUT2D eigenvalue weighted by atomic mass is 16.6. The van der Waals surface area contributed by atoms with Crippen molar-refractivity contribution in [3.05, 3.63) is 35.9 Å². The third kappa shape index (κ3) is 12.6. The van der Waals surface area contributed by atoms with Crippen LogP contribution in [0.25, 0.3) is 0 Å². The van der Waals surface area contributed by atoms with Crippen molar-refractivity contribution in [2.24, 2.45) is 16.7 Å². The number of hydrogen-bond acceptors (Lipinski definition) is 9. The number of alkyl carbamates (subject to hydrolysis) is 1. The fraction of sp³-hybridized carbons (Fsp3) is 0.676. The van der Waals surface area contributed by atoms with Crippen molar-refractivity contribution in [3.8, 4) is 0 Å². The van der Waals surface area contributed by atoms with E-state index in [0.29, 0.717) is 18.4 Å². The van der Waals surface area contributed by atoms with Gasteiger partial charge in [0.05, 0.1) is 18.6 Å². The smallest absolute Gasteiger partial charge is 0.408 e. The molecule has 0 aliphatic carbocycles. The molecule has 1 aromatic carbocycles. The molecule has 14 nitrogen and oxygen atoms in total. The Morgan fingerprint density at radius 1 is 1.02 bits per heavy atom. The second-order valence-corrected chi connectivity index (χ2v) is 15.8. The van der Waals surface area contributed by atoms with Crippen LogP contribution < -0.4 is 21.3 Å². The zero-order valence-electron chi connectivity index (χ0n) is 32.2. The molecule has 6 atom stereocenters. The largest absolute Gasteiger partial charge is 0.446 e. The van der Waals surface area contributed by atoms with Crippen molar-refractivity contribution in [1.29, 1.82) is 0 Å². The van der Waals surface area contributed by atoms with E-state index in [0.717, 1.165) is 0 Å². The van der Waals surface area contributed by atoms with Crippen molar-refractivity contribution in [2.45, 2.75) is 118 Å². The molecule has 0 bridgehead atoms. The summed E-state index contributed by atoms with van der Waals surface area (Å²) in [6.07, 6.45) is -1.43. The van der Waals surface area contributed by atoms with Gasteiger partial charge in [0.1, 0.15) is 24.4 Å². The van der Waals surface area contributed by atoms with Crippen LogP contribution in [0.3, 0.4) is 0 Å². The van der Waals surface area contributed by atoms with E-state index < -0.39 is 77.4 Å². The van der Waals surface area contributed by atoms with E-state index in [1.54, 1.807) is 51.4 Å². The molecule has 1 aliphatic rings. The number of ketones is 1. The first-order valence-electron chi connectivity index (χ1n) is 17.7. The summed E-state index contributed by atoms with van der Waals surface area (Å²) in [5, 5.41) is 22.1. The minimum atomic E-state index is -1.40. The molecule has 1 aliphatic heterocycles. The summed E-state index contributed by atoms with van der Waals surface area (Å²) < 4.78 is 5.49. The summed E-state index contributed by atoms with van der Waals surface area (Å²) in [4.78, 5) is 81.8. The molecule has 1 aromatic rings. The molecular formula is C37H60N6O8. The minimum absolute atomic E-state index is 0.0771. The lowest BCUT2D eigenvalue weighted by atomic mass is 9.85. The molecule has 14 heteroatoms. The predicted octanol–water partition coefficient (Wildman–Crippen LogP) is 2.51. The number of carbonyl (C=O) groups excluding carboxylic acids is 6. The summed E-state index contributed by atoms with van der Waals surface area (Å²) in [5.41, 5.74) is -0.557. The van der Waals surface area contributed by atoms with Crippen molar-refractivity contribution in [1.82, 2.24) is 31.1 Å². The van der Waals surface area contributed by atoms with Gasteiger partial charge in [-0.05, 0) is 42.1 Å². The highest BCUT2D eigenvalue weighted by Crippen LogP contribution is 2.37. The number of carbonyl (C=O) groups is 6. The fourth-order valence-corrected chi connectivity index (χ4v) is 5.82. The number of benzene rings is 1. The second kappa shape index (κ2) is 18.5. The van der Waals surface area contributed by atoms with Gasteiger partial charge in [0.25, 0.3) is 5.91 Å². The molecule has 1 heterocycles. The number of amides is 5. The topological polar surface area (TPSA) is 186 Å². The van der Waals surface area contributed by atoms with E-state index >= 15 is 0 Å². The van der Waals surface area contributed by atoms with Crippen molar-refractivity contribution in [2.75, 3.05) is 27.2 Å². The molecule has 5 N–H and O–H groups in total. The zero-order valence-corrected chi connectivity index (χ0v) is 32.2. The quantitative estimate of drug-likeness (QED) is 0.127. The minimum Gasteiger partial charge on any atom is -0.446 e. The number of aliphatic hydroxyl groups excluding tert-OH is 1. The Bertz CT molecular complexity index is 1380. The average Bonchev–Trinajstić information content (AvgIpc) is 3.38. The van der Waals surface area contributed by atoms with Crippen LogP contribution in [-0.2, 0) is 28.7 Å².